The molecule has 54 heavy (non-hydrogen) atoms. The van der Waals surface area contributed by atoms with Gasteiger partial charge in [-0.15, -0.1) is 32.9 Å². The SMILES string of the molecule is CCCCC(CC)CCc1ccc(N)cc1.CCCCC(CC)CCc1ccc(N=Nc2ccc(-c3ccc(-c4ccc(N)s4)c(N=S)c3N)s2)c(F)c1. The van der Waals surface area contributed by atoms with Crippen LogP contribution in [0.4, 0.5) is 37.1 Å². The number of hydrogen-bond acceptors (Lipinski definition) is 9. The van der Waals surface area contributed by atoms with Crippen molar-refractivity contribution in [3.63, 3.8) is 0 Å². The van der Waals surface area contributed by atoms with E-state index >= 15 is 0 Å². The average molecular weight is 785 g/mol. The standard InChI is InChI=1S/C29H32FN5S3.C15H25N/c1-3-5-6-18(4-2)7-8-19-9-12-23(22(30)17-19)33-34-27-16-14-24(38-27)20-10-11-21(29(35-36)28(20)32)25-13-15-26(31)37-25;1-3-5-6-13(4-2)7-8-14-9-11-15(16)12-10-14/h9-18H,3-8,31-32H2,1-2H3;9-13H,3-8,16H2,1-2H3. The lowest BCUT2D eigenvalue weighted by atomic mass is 9.92. The molecule has 5 aromatic rings. The minimum atomic E-state index is -0.351. The molecular weight excluding hydrogens is 728 g/mol. The highest BCUT2D eigenvalue weighted by molar-refractivity contribution is 7.47. The van der Waals surface area contributed by atoms with Crippen LogP contribution in [0.1, 0.15) is 103 Å². The summed E-state index contributed by atoms with van der Waals surface area (Å²) in [6, 6.07) is 25.0. The highest BCUT2D eigenvalue weighted by Gasteiger charge is 2.16. The summed E-state index contributed by atoms with van der Waals surface area (Å²) < 4.78 is 18.8. The van der Waals surface area contributed by atoms with E-state index in [1.807, 2.05) is 54.6 Å². The van der Waals surface area contributed by atoms with Crippen LogP contribution in [0, 0.1) is 17.7 Å². The van der Waals surface area contributed by atoms with Crippen LogP contribution in [0.3, 0.4) is 0 Å². The van der Waals surface area contributed by atoms with Gasteiger partial charge in [0.15, 0.2) is 5.82 Å². The second-order valence-corrected chi connectivity index (χ2v) is 16.4. The van der Waals surface area contributed by atoms with Gasteiger partial charge >= 0.3 is 0 Å². The summed E-state index contributed by atoms with van der Waals surface area (Å²) in [4.78, 5) is 1.86. The minimum Gasteiger partial charge on any atom is -0.399 e. The number of unbranched alkanes of at least 4 members (excludes halogenated alkanes) is 2. The number of hydrogen-bond donors (Lipinski definition) is 3. The second kappa shape index (κ2) is 22.4. The molecule has 10 heteroatoms. The van der Waals surface area contributed by atoms with Crippen LogP contribution in [0.2, 0.25) is 0 Å². The quantitative estimate of drug-likeness (QED) is 0.0571. The predicted molar refractivity (Wildman–Crippen MR) is 236 cm³/mol. The smallest absolute Gasteiger partial charge is 0.150 e. The largest absolute Gasteiger partial charge is 0.399 e. The van der Waals surface area contributed by atoms with E-state index in [0.29, 0.717) is 27.3 Å². The maximum Gasteiger partial charge on any atom is 0.150 e. The van der Waals surface area contributed by atoms with Gasteiger partial charge < -0.3 is 17.2 Å². The molecule has 2 heterocycles. The van der Waals surface area contributed by atoms with E-state index < -0.39 is 0 Å². The summed E-state index contributed by atoms with van der Waals surface area (Å²) in [7, 11) is 0. The summed E-state index contributed by atoms with van der Waals surface area (Å²) >= 11 is 7.91. The Kier molecular flexibility index (Phi) is 17.7. The van der Waals surface area contributed by atoms with Gasteiger partial charge in [0.05, 0.1) is 10.7 Å². The first-order valence-electron chi connectivity index (χ1n) is 19.5. The molecule has 6 N–H and O–H groups in total. The number of anilines is 3. The topological polar surface area (TPSA) is 115 Å². The molecule has 0 radical (unpaired) electrons. The number of azo groups is 1. The molecule has 0 saturated carbocycles. The van der Waals surface area contributed by atoms with Crippen molar-refractivity contribution in [1.29, 1.82) is 0 Å². The van der Waals surface area contributed by atoms with Gasteiger partial charge in [-0.25, -0.2) is 4.39 Å². The summed E-state index contributed by atoms with van der Waals surface area (Å²) in [5.74, 6) is 1.24. The molecule has 0 saturated heterocycles. The van der Waals surface area contributed by atoms with E-state index in [9.17, 15) is 4.39 Å². The maximum atomic E-state index is 14.8. The number of halogens is 1. The van der Waals surface area contributed by atoms with E-state index in [1.54, 1.807) is 12.1 Å². The van der Waals surface area contributed by atoms with Crippen molar-refractivity contribution >= 4 is 67.9 Å². The van der Waals surface area contributed by atoms with Crippen molar-refractivity contribution < 1.29 is 4.39 Å². The number of thiophene rings is 2. The summed E-state index contributed by atoms with van der Waals surface area (Å²) in [5, 5.41) is 9.82. The van der Waals surface area contributed by atoms with Crippen LogP contribution in [0.5, 0.6) is 0 Å². The van der Waals surface area contributed by atoms with Gasteiger partial charge in [0.2, 0.25) is 0 Å². The highest BCUT2D eigenvalue weighted by Crippen LogP contribution is 2.46. The monoisotopic (exact) mass is 784 g/mol. The number of nitrogen functional groups attached to an aromatic ring is 3. The highest BCUT2D eigenvalue weighted by atomic mass is 32.1. The maximum absolute atomic E-state index is 14.8. The van der Waals surface area contributed by atoms with Crippen LogP contribution in [0.25, 0.3) is 20.9 Å². The van der Waals surface area contributed by atoms with Gasteiger partial charge in [0, 0.05) is 39.0 Å². The molecule has 6 nitrogen and oxygen atoms in total. The van der Waals surface area contributed by atoms with Crippen molar-refractivity contribution in [1.82, 2.24) is 0 Å². The third-order valence-electron chi connectivity index (χ3n) is 10.1. The van der Waals surface area contributed by atoms with Gasteiger partial charge in [-0.3, -0.25) is 0 Å². The fraction of sp³-hybridized carbons (Fsp3) is 0.409. The Morgan fingerprint density at radius 3 is 1.81 bits per heavy atom. The van der Waals surface area contributed by atoms with E-state index in [2.05, 4.69) is 54.4 Å². The van der Waals surface area contributed by atoms with E-state index in [4.69, 9.17) is 29.6 Å². The zero-order valence-electron chi connectivity index (χ0n) is 32.3. The second-order valence-electron chi connectivity index (χ2n) is 14.0. The predicted octanol–water partition coefficient (Wildman–Crippen LogP) is 14.8. The van der Waals surface area contributed by atoms with Crippen LogP contribution >= 0.6 is 22.7 Å². The lowest BCUT2D eigenvalue weighted by Crippen LogP contribution is -2.01. The number of nitrogens with zero attached hydrogens (tertiary/aromatic N) is 3. The molecule has 0 aliphatic carbocycles. The fourth-order valence-electron chi connectivity index (χ4n) is 6.55. The molecule has 2 atom stereocenters. The Labute approximate surface area is 335 Å². The number of rotatable bonds is 19. The minimum absolute atomic E-state index is 0.230. The lowest BCUT2D eigenvalue weighted by Gasteiger charge is -2.14. The average Bonchev–Trinajstić information content (AvgIpc) is 3.84. The third kappa shape index (κ3) is 12.8. The fourth-order valence-corrected chi connectivity index (χ4v) is 8.42. The first kappa shape index (κ1) is 42.7. The molecule has 0 aliphatic rings. The summed E-state index contributed by atoms with van der Waals surface area (Å²) in [5.41, 5.74) is 24.3. The molecule has 3 aromatic carbocycles. The van der Waals surface area contributed by atoms with Gasteiger partial charge in [-0.05, 0) is 97.2 Å². The molecular formula is C44H57FN6S3. The van der Waals surface area contributed by atoms with Gasteiger partial charge in [0.25, 0.3) is 0 Å². The molecule has 0 fully saturated rings. The molecule has 2 unspecified atom stereocenters. The van der Waals surface area contributed by atoms with E-state index in [-0.39, 0.29) is 11.5 Å². The lowest BCUT2D eigenvalue weighted by molar-refractivity contribution is 0.421. The molecule has 0 aliphatic heterocycles. The zero-order valence-corrected chi connectivity index (χ0v) is 34.8. The van der Waals surface area contributed by atoms with Gasteiger partial charge in [-0.1, -0.05) is 109 Å². The van der Waals surface area contributed by atoms with E-state index in [0.717, 1.165) is 50.9 Å². The Hall–Kier alpha value is -3.99. The summed E-state index contributed by atoms with van der Waals surface area (Å²) in [6.45, 7) is 9.03. The number of aryl methyl sites for hydroxylation is 2. The van der Waals surface area contributed by atoms with Crippen LogP contribution < -0.4 is 17.2 Å². The van der Waals surface area contributed by atoms with Gasteiger partial charge in [-0.2, -0.15) is 4.36 Å². The molecule has 0 spiro atoms. The van der Waals surface area contributed by atoms with Crippen LogP contribution in [-0.2, 0) is 25.3 Å². The number of nitrogens with two attached hydrogens (primary N) is 3. The first-order valence-corrected chi connectivity index (χ1v) is 21.4. The molecule has 288 valence electrons. The third-order valence-corrected chi connectivity index (χ3v) is 12.2. The van der Waals surface area contributed by atoms with Crippen molar-refractivity contribution in [3.8, 4) is 20.9 Å². The van der Waals surface area contributed by atoms with Crippen LogP contribution in [0.15, 0.2) is 93.5 Å². The Morgan fingerprint density at radius 1 is 0.648 bits per heavy atom. The molecule has 5 rings (SSSR count). The Balaban J connectivity index is 0.000000340. The first-order chi connectivity index (χ1) is 26.2. The van der Waals surface area contributed by atoms with E-state index in [1.165, 1.54) is 92.4 Å². The zero-order chi connectivity index (χ0) is 38.9. The number of benzene rings is 3. The van der Waals surface area contributed by atoms with Crippen molar-refractivity contribution in [2.24, 2.45) is 26.4 Å². The Morgan fingerprint density at radius 2 is 1.24 bits per heavy atom. The normalized spacial score (nSPS) is 12.4. The molecule has 2 aromatic heterocycles. The van der Waals surface area contributed by atoms with Crippen molar-refractivity contribution in [3.05, 3.63) is 95.8 Å². The Bertz CT molecular complexity index is 1920. The van der Waals surface area contributed by atoms with Crippen LogP contribution in [-0.4, -0.2) is 0 Å². The van der Waals surface area contributed by atoms with Crippen molar-refractivity contribution in [2.45, 2.75) is 105 Å². The molecule has 0 amide bonds. The molecule has 0 bridgehead atoms. The van der Waals surface area contributed by atoms with Gasteiger partial charge in [0.1, 0.15) is 16.4 Å². The van der Waals surface area contributed by atoms with Crippen molar-refractivity contribution in [2.75, 3.05) is 17.2 Å². The summed E-state index contributed by atoms with van der Waals surface area (Å²) in [6.07, 6.45) is 14.8.